The van der Waals surface area contributed by atoms with Gasteiger partial charge in [0, 0.05) is 25.0 Å². The summed E-state index contributed by atoms with van der Waals surface area (Å²) < 4.78 is 5.46. The van der Waals surface area contributed by atoms with Gasteiger partial charge in [0.15, 0.2) is 0 Å². The Bertz CT molecular complexity index is 480. The minimum atomic E-state index is 0.471. The zero-order chi connectivity index (χ0) is 12.4. The molecule has 2 aromatic rings. The second-order valence-electron chi connectivity index (χ2n) is 5.15. The van der Waals surface area contributed by atoms with E-state index in [0.29, 0.717) is 6.04 Å². The predicted molar refractivity (Wildman–Crippen MR) is 69.9 cm³/mol. The van der Waals surface area contributed by atoms with Crippen LogP contribution in [0.4, 0.5) is 0 Å². The first kappa shape index (κ1) is 11.5. The van der Waals surface area contributed by atoms with Gasteiger partial charge in [0.25, 0.3) is 0 Å². The Hall–Kier alpha value is -1.61. The summed E-state index contributed by atoms with van der Waals surface area (Å²) in [6.07, 6.45) is 6.76. The predicted octanol–water partition coefficient (Wildman–Crippen LogP) is 3.26. The van der Waals surface area contributed by atoms with Crippen LogP contribution < -0.4 is 0 Å². The number of pyridine rings is 1. The minimum Gasteiger partial charge on any atom is -0.468 e. The third kappa shape index (κ3) is 2.31. The highest BCUT2D eigenvalue weighted by Gasteiger charge is 2.31. The number of rotatable bonds is 3. The summed E-state index contributed by atoms with van der Waals surface area (Å²) in [5, 5.41) is 0. The summed E-state index contributed by atoms with van der Waals surface area (Å²) in [4.78, 5) is 6.72. The Balaban J connectivity index is 1.79. The van der Waals surface area contributed by atoms with E-state index in [0.717, 1.165) is 24.8 Å². The highest BCUT2D eigenvalue weighted by Crippen LogP contribution is 2.35. The van der Waals surface area contributed by atoms with Crippen molar-refractivity contribution in [2.24, 2.45) is 5.92 Å². The Kier molecular flexibility index (Phi) is 3.15. The van der Waals surface area contributed by atoms with Gasteiger partial charge in [-0.25, -0.2) is 0 Å². The third-order valence-corrected chi connectivity index (χ3v) is 3.62. The van der Waals surface area contributed by atoms with E-state index < -0.39 is 0 Å². The van der Waals surface area contributed by atoms with Crippen LogP contribution in [0.25, 0.3) is 0 Å². The standard InChI is InChI=1S/C15H18N2O/c1-12-8-15(13-4-2-6-16-9-13)17(10-12)11-14-5-3-7-18-14/h2-7,9,12,15H,8,10-11H2,1H3/t12-,15-/m0/s1. The highest BCUT2D eigenvalue weighted by atomic mass is 16.3. The molecule has 0 aliphatic carbocycles. The molecule has 94 valence electrons. The fourth-order valence-corrected chi connectivity index (χ4v) is 2.83. The molecule has 0 amide bonds. The molecule has 1 aliphatic rings. The number of aromatic nitrogens is 1. The third-order valence-electron chi connectivity index (χ3n) is 3.62. The van der Waals surface area contributed by atoms with Crippen molar-refractivity contribution in [1.82, 2.24) is 9.88 Å². The van der Waals surface area contributed by atoms with Gasteiger partial charge in [0.1, 0.15) is 5.76 Å². The van der Waals surface area contributed by atoms with Crippen molar-refractivity contribution in [3.05, 3.63) is 54.2 Å². The number of likely N-dealkylation sites (tertiary alicyclic amines) is 1. The average molecular weight is 242 g/mol. The molecule has 0 radical (unpaired) electrons. The quantitative estimate of drug-likeness (QED) is 0.827. The fraction of sp³-hybridized carbons (Fsp3) is 0.400. The lowest BCUT2D eigenvalue weighted by molar-refractivity contribution is 0.225. The van der Waals surface area contributed by atoms with Gasteiger partial charge < -0.3 is 4.42 Å². The molecular weight excluding hydrogens is 224 g/mol. The zero-order valence-electron chi connectivity index (χ0n) is 10.6. The van der Waals surface area contributed by atoms with Gasteiger partial charge >= 0.3 is 0 Å². The van der Waals surface area contributed by atoms with E-state index in [1.54, 1.807) is 6.26 Å². The van der Waals surface area contributed by atoms with Crippen LogP contribution >= 0.6 is 0 Å². The van der Waals surface area contributed by atoms with Gasteiger partial charge in [0.05, 0.1) is 12.8 Å². The van der Waals surface area contributed by atoms with Crippen LogP contribution in [0.2, 0.25) is 0 Å². The number of furan rings is 1. The lowest BCUT2D eigenvalue weighted by atomic mass is 10.0. The summed E-state index contributed by atoms with van der Waals surface area (Å²) in [6.45, 7) is 4.32. The molecule has 3 nitrogen and oxygen atoms in total. The van der Waals surface area contributed by atoms with Crippen molar-refractivity contribution in [2.75, 3.05) is 6.54 Å². The summed E-state index contributed by atoms with van der Waals surface area (Å²) in [6, 6.07) is 8.66. The minimum absolute atomic E-state index is 0.471. The maximum absolute atomic E-state index is 5.46. The largest absolute Gasteiger partial charge is 0.468 e. The first-order chi connectivity index (χ1) is 8.83. The van der Waals surface area contributed by atoms with Crippen LogP contribution in [0.3, 0.4) is 0 Å². The van der Waals surface area contributed by atoms with Gasteiger partial charge in [0.2, 0.25) is 0 Å². The van der Waals surface area contributed by atoms with E-state index in [4.69, 9.17) is 4.42 Å². The van der Waals surface area contributed by atoms with Crippen LogP contribution in [-0.4, -0.2) is 16.4 Å². The van der Waals surface area contributed by atoms with Crippen LogP contribution in [0.1, 0.15) is 30.7 Å². The molecule has 0 spiro atoms. The monoisotopic (exact) mass is 242 g/mol. The fourth-order valence-electron chi connectivity index (χ4n) is 2.83. The molecule has 0 unspecified atom stereocenters. The molecule has 1 saturated heterocycles. The van der Waals surface area contributed by atoms with Crippen LogP contribution in [-0.2, 0) is 6.54 Å². The highest BCUT2D eigenvalue weighted by molar-refractivity contribution is 5.16. The molecule has 1 aliphatic heterocycles. The summed E-state index contributed by atoms with van der Waals surface area (Å²) in [7, 11) is 0. The molecule has 0 saturated carbocycles. The van der Waals surface area contributed by atoms with E-state index in [2.05, 4.69) is 22.9 Å². The Morgan fingerprint density at radius 2 is 2.33 bits per heavy atom. The second-order valence-corrected chi connectivity index (χ2v) is 5.15. The Morgan fingerprint density at radius 3 is 3.06 bits per heavy atom. The topological polar surface area (TPSA) is 29.3 Å². The molecule has 3 heterocycles. The molecule has 3 heteroatoms. The van der Waals surface area contributed by atoms with Gasteiger partial charge in [-0.05, 0) is 36.1 Å². The summed E-state index contributed by atoms with van der Waals surface area (Å²) in [5.74, 6) is 1.77. The lowest BCUT2D eigenvalue weighted by Crippen LogP contribution is -2.23. The van der Waals surface area contributed by atoms with E-state index >= 15 is 0 Å². The van der Waals surface area contributed by atoms with E-state index in [-0.39, 0.29) is 0 Å². The summed E-state index contributed by atoms with van der Waals surface area (Å²) in [5.41, 5.74) is 1.31. The van der Waals surface area contributed by atoms with Gasteiger partial charge in [-0.3, -0.25) is 9.88 Å². The molecule has 0 aromatic carbocycles. The smallest absolute Gasteiger partial charge is 0.117 e. The molecule has 0 bridgehead atoms. The van der Waals surface area contributed by atoms with Crippen molar-refractivity contribution in [3.8, 4) is 0 Å². The number of nitrogens with zero attached hydrogens (tertiary/aromatic N) is 2. The molecule has 18 heavy (non-hydrogen) atoms. The van der Waals surface area contributed by atoms with Crippen LogP contribution in [0, 0.1) is 5.92 Å². The second kappa shape index (κ2) is 4.94. The van der Waals surface area contributed by atoms with E-state index in [9.17, 15) is 0 Å². The number of hydrogen-bond acceptors (Lipinski definition) is 3. The molecule has 1 fully saturated rings. The van der Waals surface area contributed by atoms with Crippen molar-refractivity contribution in [3.63, 3.8) is 0 Å². The van der Waals surface area contributed by atoms with Crippen molar-refractivity contribution in [1.29, 1.82) is 0 Å². The first-order valence-corrected chi connectivity index (χ1v) is 6.49. The molecule has 2 atom stereocenters. The van der Waals surface area contributed by atoms with Crippen molar-refractivity contribution in [2.45, 2.75) is 25.9 Å². The van der Waals surface area contributed by atoms with Crippen molar-refractivity contribution < 1.29 is 4.42 Å². The van der Waals surface area contributed by atoms with E-state index in [1.165, 1.54) is 12.0 Å². The van der Waals surface area contributed by atoms with Crippen molar-refractivity contribution >= 4 is 0 Å². The summed E-state index contributed by atoms with van der Waals surface area (Å²) >= 11 is 0. The molecule has 0 N–H and O–H groups in total. The zero-order valence-corrected chi connectivity index (χ0v) is 10.6. The SMILES string of the molecule is C[C@H]1C[C@@H](c2cccnc2)N(Cc2ccco2)C1. The van der Waals surface area contributed by atoms with Crippen LogP contribution in [0.15, 0.2) is 47.3 Å². The van der Waals surface area contributed by atoms with Gasteiger partial charge in [-0.1, -0.05) is 13.0 Å². The maximum atomic E-state index is 5.46. The molecular formula is C15H18N2O. The average Bonchev–Trinajstić information content (AvgIpc) is 3.01. The normalized spacial score (nSPS) is 24.5. The lowest BCUT2D eigenvalue weighted by Gasteiger charge is -2.23. The van der Waals surface area contributed by atoms with Crippen LogP contribution in [0.5, 0.6) is 0 Å². The number of hydrogen-bond donors (Lipinski definition) is 0. The first-order valence-electron chi connectivity index (χ1n) is 6.49. The maximum Gasteiger partial charge on any atom is 0.117 e. The Morgan fingerprint density at radius 1 is 1.39 bits per heavy atom. The molecule has 2 aromatic heterocycles. The molecule has 3 rings (SSSR count). The Labute approximate surface area is 107 Å². The van der Waals surface area contributed by atoms with Gasteiger partial charge in [-0.15, -0.1) is 0 Å². The van der Waals surface area contributed by atoms with Gasteiger partial charge in [-0.2, -0.15) is 0 Å². The van der Waals surface area contributed by atoms with E-state index in [1.807, 2.05) is 30.6 Å².